The average molecular weight is 310 g/mol. The highest BCUT2D eigenvalue weighted by molar-refractivity contribution is 5.86. The van der Waals surface area contributed by atoms with E-state index in [9.17, 15) is 18.8 Å². The van der Waals surface area contributed by atoms with Crippen molar-refractivity contribution in [1.29, 1.82) is 0 Å². The minimum atomic E-state index is -0.428. The van der Waals surface area contributed by atoms with Gasteiger partial charge in [-0.15, -0.1) is 0 Å². The second-order valence-electron chi connectivity index (χ2n) is 4.83. The molecule has 2 N–H and O–H groups in total. The van der Waals surface area contributed by atoms with Crippen molar-refractivity contribution in [1.82, 2.24) is 10.6 Å². The number of amides is 2. The molecule has 6 nitrogen and oxygen atoms in total. The molecule has 0 aromatic heterocycles. The number of halogens is 1. The van der Waals surface area contributed by atoms with Crippen molar-refractivity contribution >= 4 is 17.8 Å². The second-order valence-corrected chi connectivity index (χ2v) is 4.83. The highest BCUT2D eigenvalue weighted by atomic mass is 19.1. The second kappa shape index (κ2) is 8.76. The van der Waals surface area contributed by atoms with Crippen LogP contribution in [0.4, 0.5) is 4.39 Å². The summed E-state index contributed by atoms with van der Waals surface area (Å²) in [5.41, 5.74) is 0.525. The summed E-state index contributed by atoms with van der Waals surface area (Å²) in [5.74, 6) is -1.65. The van der Waals surface area contributed by atoms with Gasteiger partial charge < -0.3 is 15.4 Å². The average Bonchev–Trinajstić information content (AvgIpc) is 2.44. The molecule has 0 bridgehead atoms. The quantitative estimate of drug-likeness (QED) is 0.720. The standard InChI is InChI=1S/C15H19FN2O4/c1-10(6-15(21)22-2)18-14(20)9-17-13(19)8-11-4-3-5-12(16)7-11/h3-5,7,10H,6,8-9H2,1-2H3,(H,17,19)(H,18,20). The monoisotopic (exact) mass is 310 g/mol. The van der Waals surface area contributed by atoms with Gasteiger partial charge in [-0.3, -0.25) is 14.4 Å². The Balaban J connectivity index is 2.31. The lowest BCUT2D eigenvalue weighted by Crippen LogP contribution is -2.42. The Morgan fingerprint density at radius 1 is 1.27 bits per heavy atom. The van der Waals surface area contributed by atoms with Crippen molar-refractivity contribution in [2.24, 2.45) is 0 Å². The largest absolute Gasteiger partial charge is 0.469 e. The van der Waals surface area contributed by atoms with Gasteiger partial charge in [-0.2, -0.15) is 0 Å². The summed E-state index contributed by atoms with van der Waals surface area (Å²) in [6, 6.07) is 5.30. The summed E-state index contributed by atoms with van der Waals surface area (Å²) in [6.07, 6.45) is 0.0439. The zero-order valence-electron chi connectivity index (χ0n) is 12.5. The molecular formula is C15H19FN2O4. The maximum absolute atomic E-state index is 13.0. The number of carbonyl (C=O) groups is 3. The molecule has 1 atom stereocenters. The lowest BCUT2D eigenvalue weighted by molar-refractivity contribution is -0.141. The van der Waals surface area contributed by atoms with E-state index in [2.05, 4.69) is 15.4 Å². The first-order valence-corrected chi connectivity index (χ1v) is 6.78. The Labute approximate surface area is 128 Å². The van der Waals surface area contributed by atoms with Crippen LogP contribution in [0.5, 0.6) is 0 Å². The Morgan fingerprint density at radius 2 is 2.00 bits per heavy atom. The van der Waals surface area contributed by atoms with Crippen LogP contribution in [0.25, 0.3) is 0 Å². The first kappa shape index (κ1) is 17.6. The van der Waals surface area contributed by atoms with Gasteiger partial charge in [-0.1, -0.05) is 12.1 Å². The molecule has 7 heteroatoms. The van der Waals surface area contributed by atoms with Crippen LogP contribution in [0.1, 0.15) is 18.9 Å². The van der Waals surface area contributed by atoms with E-state index in [0.717, 1.165) is 0 Å². The number of carbonyl (C=O) groups excluding carboxylic acids is 3. The maximum atomic E-state index is 13.0. The van der Waals surface area contributed by atoms with Gasteiger partial charge in [0, 0.05) is 6.04 Å². The third-order valence-electron chi connectivity index (χ3n) is 2.81. The molecule has 22 heavy (non-hydrogen) atoms. The molecule has 0 spiro atoms. The van der Waals surface area contributed by atoms with Crippen LogP contribution in [0.2, 0.25) is 0 Å². The zero-order valence-corrected chi connectivity index (χ0v) is 12.5. The molecule has 1 aromatic rings. The third-order valence-corrected chi connectivity index (χ3v) is 2.81. The van der Waals surface area contributed by atoms with Crippen LogP contribution in [0, 0.1) is 5.82 Å². The summed E-state index contributed by atoms with van der Waals surface area (Å²) in [7, 11) is 1.27. The molecule has 1 aromatic carbocycles. The fraction of sp³-hybridized carbons (Fsp3) is 0.400. The van der Waals surface area contributed by atoms with Crippen LogP contribution < -0.4 is 10.6 Å². The third kappa shape index (κ3) is 6.83. The van der Waals surface area contributed by atoms with E-state index >= 15 is 0 Å². The van der Waals surface area contributed by atoms with Crippen molar-refractivity contribution in [3.8, 4) is 0 Å². The van der Waals surface area contributed by atoms with Gasteiger partial charge in [0.05, 0.1) is 26.5 Å². The smallest absolute Gasteiger partial charge is 0.307 e. The predicted octanol–water partition coefficient (Wildman–Crippen LogP) is 0.552. The van der Waals surface area contributed by atoms with Crippen molar-refractivity contribution < 1.29 is 23.5 Å². The number of methoxy groups -OCH3 is 1. The van der Waals surface area contributed by atoms with Crippen LogP contribution in [-0.4, -0.2) is 37.5 Å². The molecule has 0 aliphatic rings. The van der Waals surface area contributed by atoms with Crippen LogP contribution >= 0.6 is 0 Å². The van der Waals surface area contributed by atoms with Crippen LogP contribution in [0.3, 0.4) is 0 Å². The van der Waals surface area contributed by atoms with Gasteiger partial charge in [0.25, 0.3) is 0 Å². The molecule has 0 saturated heterocycles. The molecule has 1 unspecified atom stereocenters. The maximum Gasteiger partial charge on any atom is 0.307 e. The van der Waals surface area contributed by atoms with Crippen molar-refractivity contribution in [2.75, 3.05) is 13.7 Å². The lowest BCUT2D eigenvalue weighted by atomic mass is 10.1. The highest BCUT2D eigenvalue weighted by Crippen LogP contribution is 2.03. The first-order chi connectivity index (χ1) is 10.4. The topological polar surface area (TPSA) is 84.5 Å². The van der Waals surface area contributed by atoms with E-state index in [-0.39, 0.29) is 31.3 Å². The number of hydrogen-bond acceptors (Lipinski definition) is 4. The zero-order chi connectivity index (χ0) is 16.5. The molecule has 0 aliphatic carbocycles. The highest BCUT2D eigenvalue weighted by Gasteiger charge is 2.13. The fourth-order valence-corrected chi connectivity index (χ4v) is 1.78. The van der Waals surface area contributed by atoms with Gasteiger partial charge in [0.1, 0.15) is 5.82 Å². The number of rotatable bonds is 7. The van der Waals surface area contributed by atoms with Crippen molar-refractivity contribution in [3.63, 3.8) is 0 Å². The lowest BCUT2D eigenvalue weighted by Gasteiger charge is -2.13. The minimum absolute atomic E-state index is 0.0112. The van der Waals surface area contributed by atoms with Crippen LogP contribution in [0.15, 0.2) is 24.3 Å². The molecule has 120 valence electrons. The Morgan fingerprint density at radius 3 is 2.64 bits per heavy atom. The minimum Gasteiger partial charge on any atom is -0.469 e. The summed E-state index contributed by atoms with van der Waals surface area (Å²) in [5, 5.41) is 4.99. The van der Waals surface area contributed by atoms with Gasteiger partial charge >= 0.3 is 5.97 Å². The van der Waals surface area contributed by atoms with Gasteiger partial charge in [-0.05, 0) is 24.6 Å². The summed E-state index contributed by atoms with van der Waals surface area (Å²) in [4.78, 5) is 34.3. The number of esters is 1. The summed E-state index contributed by atoms with van der Waals surface area (Å²) >= 11 is 0. The Bertz CT molecular complexity index is 548. The normalized spacial score (nSPS) is 11.4. The van der Waals surface area contributed by atoms with E-state index in [1.165, 1.54) is 25.3 Å². The SMILES string of the molecule is COC(=O)CC(C)NC(=O)CNC(=O)Cc1cccc(F)c1. The van der Waals surface area contributed by atoms with E-state index in [1.807, 2.05) is 0 Å². The van der Waals surface area contributed by atoms with E-state index in [1.54, 1.807) is 13.0 Å². The molecule has 0 radical (unpaired) electrons. The Hall–Kier alpha value is -2.44. The van der Waals surface area contributed by atoms with Gasteiger partial charge in [0.15, 0.2) is 0 Å². The molecule has 0 heterocycles. The Kier molecular flexibility index (Phi) is 7.01. The number of ether oxygens (including phenoxy) is 1. The van der Waals surface area contributed by atoms with E-state index < -0.39 is 17.7 Å². The molecule has 1 rings (SSSR count). The summed E-state index contributed by atoms with van der Waals surface area (Å²) in [6.45, 7) is 1.45. The predicted molar refractivity (Wildman–Crippen MR) is 77.4 cm³/mol. The summed E-state index contributed by atoms with van der Waals surface area (Å²) < 4.78 is 17.5. The number of nitrogens with one attached hydrogen (secondary N) is 2. The molecule has 0 fully saturated rings. The first-order valence-electron chi connectivity index (χ1n) is 6.78. The molecule has 0 aliphatic heterocycles. The van der Waals surface area contributed by atoms with E-state index in [0.29, 0.717) is 5.56 Å². The molecule has 2 amide bonds. The van der Waals surface area contributed by atoms with Gasteiger partial charge in [0.2, 0.25) is 11.8 Å². The molecule has 0 saturated carbocycles. The number of benzene rings is 1. The van der Waals surface area contributed by atoms with Gasteiger partial charge in [-0.25, -0.2) is 4.39 Å². The number of hydrogen-bond donors (Lipinski definition) is 2. The van der Waals surface area contributed by atoms with E-state index in [4.69, 9.17) is 0 Å². The fourth-order valence-electron chi connectivity index (χ4n) is 1.78. The van der Waals surface area contributed by atoms with Crippen molar-refractivity contribution in [2.45, 2.75) is 25.8 Å². The molecular weight excluding hydrogens is 291 g/mol. The van der Waals surface area contributed by atoms with Crippen LogP contribution in [-0.2, 0) is 25.5 Å². The van der Waals surface area contributed by atoms with Crippen molar-refractivity contribution in [3.05, 3.63) is 35.6 Å².